The number of hydrogen-bond acceptors (Lipinski definition) is 4. The molecule has 2 amide bonds. The summed E-state index contributed by atoms with van der Waals surface area (Å²) in [5.74, 6) is 0.254. The maximum absolute atomic E-state index is 12.0. The van der Waals surface area contributed by atoms with E-state index < -0.39 is 0 Å². The van der Waals surface area contributed by atoms with E-state index in [1.807, 2.05) is 42.5 Å². The Hall–Kier alpha value is -2.13. The van der Waals surface area contributed by atoms with Gasteiger partial charge in [0.2, 0.25) is 5.91 Å². The average Bonchev–Trinajstić information content (AvgIpc) is 3.00. The van der Waals surface area contributed by atoms with Gasteiger partial charge in [-0.3, -0.25) is 9.59 Å². The highest BCUT2D eigenvalue weighted by atomic mass is 127. The van der Waals surface area contributed by atoms with E-state index in [2.05, 4.69) is 39.0 Å². The molecule has 0 aromatic heterocycles. The van der Waals surface area contributed by atoms with Crippen molar-refractivity contribution in [1.82, 2.24) is 5.32 Å². The molecule has 0 spiro atoms. The molecule has 0 aliphatic carbocycles. The quantitative estimate of drug-likeness (QED) is 0.498. The van der Waals surface area contributed by atoms with E-state index in [1.54, 1.807) is 13.0 Å². The van der Waals surface area contributed by atoms with Crippen molar-refractivity contribution < 1.29 is 14.3 Å². The number of aliphatic imine (C=N–C) groups is 1. The fourth-order valence-corrected chi connectivity index (χ4v) is 3.71. The summed E-state index contributed by atoms with van der Waals surface area (Å²) in [4.78, 5) is 27.7. The minimum Gasteiger partial charge on any atom is -0.489 e. The number of halogens is 1. The minimum absolute atomic E-state index is 0.162. The minimum atomic E-state index is -0.342. The molecule has 138 valence electrons. The number of carbonyl (C=O) groups is 2. The summed E-state index contributed by atoms with van der Waals surface area (Å²) in [7, 11) is 0. The van der Waals surface area contributed by atoms with Gasteiger partial charge < -0.3 is 10.1 Å². The van der Waals surface area contributed by atoms with E-state index in [4.69, 9.17) is 4.74 Å². The van der Waals surface area contributed by atoms with Crippen molar-refractivity contribution in [3.63, 3.8) is 0 Å². The molecule has 0 saturated heterocycles. The van der Waals surface area contributed by atoms with Crippen LogP contribution in [-0.4, -0.2) is 17.0 Å². The summed E-state index contributed by atoms with van der Waals surface area (Å²) < 4.78 is 6.97. The maximum Gasteiger partial charge on any atom is 0.286 e. The Morgan fingerprint density at radius 1 is 1.26 bits per heavy atom. The van der Waals surface area contributed by atoms with E-state index in [0.29, 0.717) is 23.1 Å². The molecule has 0 fully saturated rings. The number of carbonyl (C=O) groups excluding carboxylic acids is 2. The fourth-order valence-electron chi connectivity index (χ4n) is 2.28. The molecule has 5 nitrogen and oxygen atoms in total. The van der Waals surface area contributed by atoms with Crippen molar-refractivity contribution in [2.45, 2.75) is 20.0 Å². The lowest BCUT2D eigenvalue weighted by Gasteiger charge is -2.07. The van der Waals surface area contributed by atoms with Crippen molar-refractivity contribution >= 4 is 57.4 Å². The number of benzene rings is 2. The molecule has 2 aromatic rings. The van der Waals surface area contributed by atoms with Crippen molar-refractivity contribution in [1.29, 1.82) is 0 Å². The Morgan fingerprint density at radius 2 is 2.04 bits per heavy atom. The van der Waals surface area contributed by atoms with Crippen LogP contribution >= 0.6 is 34.4 Å². The van der Waals surface area contributed by atoms with Crippen molar-refractivity contribution in [2.24, 2.45) is 4.99 Å². The van der Waals surface area contributed by atoms with Crippen LogP contribution in [-0.2, 0) is 16.2 Å². The number of ether oxygens (including phenoxy) is 1. The van der Waals surface area contributed by atoms with Gasteiger partial charge in [-0.2, -0.15) is 4.99 Å². The zero-order valence-corrected chi connectivity index (χ0v) is 17.5. The monoisotopic (exact) mass is 492 g/mol. The first-order valence-corrected chi connectivity index (χ1v) is 10.2. The molecular weight excluding hydrogens is 475 g/mol. The molecule has 3 rings (SSSR count). The highest BCUT2D eigenvalue weighted by Gasteiger charge is 2.22. The van der Waals surface area contributed by atoms with Crippen LogP contribution in [0.2, 0.25) is 0 Å². The molecule has 1 heterocycles. The first kappa shape index (κ1) is 19.6. The number of thioether (sulfide) groups is 1. The molecule has 1 aliphatic rings. The first-order valence-electron chi connectivity index (χ1n) is 8.33. The van der Waals surface area contributed by atoms with Crippen LogP contribution in [0.3, 0.4) is 0 Å². The molecule has 7 heteroatoms. The van der Waals surface area contributed by atoms with Gasteiger partial charge in [-0.15, -0.1) is 0 Å². The normalized spacial score (nSPS) is 15.0. The topological polar surface area (TPSA) is 67.8 Å². The van der Waals surface area contributed by atoms with E-state index in [1.165, 1.54) is 15.3 Å². The van der Waals surface area contributed by atoms with Gasteiger partial charge in [0.05, 0.1) is 4.91 Å². The lowest BCUT2D eigenvalue weighted by atomic mass is 10.2. The Balaban J connectivity index is 1.60. The lowest BCUT2D eigenvalue weighted by Crippen LogP contribution is -2.26. The van der Waals surface area contributed by atoms with E-state index >= 15 is 0 Å². The van der Waals surface area contributed by atoms with E-state index in [9.17, 15) is 9.59 Å². The van der Waals surface area contributed by atoms with E-state index in [-0.39, 0.29) is 11.8 Å². The van der Waals surface area contributed by atoms with Gasteiger partial charge >= 0.3 is 0 Å². The Morgan fingerprint density at radius 3 is 2.74 bits per heavy atom. The van der Waals surface area contributed by atoms with Gasteiger partial charge in [-0.25, -0.2) is 0 Å². The lowest BCUT2D eigenvalue weighted by molar-refractivity contribution is -0.119. The fraction of sp³-hybridized carbons (Fsp3) is 0.150. The molecule has 1 N–H and O–H groups in total. The maximum atomic E-state index is 12.0. The summed E-state index contributed by atoms with van der Waals surface area (Å²) in [6.07, 6.45) is 2.10. The van der Waals surface area contributed by atoms with Crippen LogP contribution in [0.4, 0.5) is 0 Å². The van der Waals surface area contributed by atoms with Gasteiger partial charge in [0.15, 0.2) is 5.17 Å². The molecule has 0 atom stereocenters. The van der Waals surface area contributed by atoms with Crippen LogP contribution in [0.15, 0.2) is 58.4 Å². The number of nitrogens with one attached hydrogen (secondary N) is 1. The van der Waals surface area contributed by atoms with E-state index in [0.717, 1.165) is 16.9 Å². The van der Waals surface area contributed by atoms with Gasteiger partial charge in [0.1, 0.15) is 12.4 Å². The average molecular weight is 492 g/mol. The molecule has 2 aromatic carbocycles. The number of hydrogen-bond donors (Lipinski definition) is 1. The second-order valence-electron chi connectivity index (χ2n) is 5.72. The van der Waals surface area contributed by atoms with Crippen molar-refractivity contribution in [3.8, 4) is 5.75 Å². The third kappa shape index (κ3) is 5.67. The predicted octanol–water partition coefficient (Wildman–Crippen LogP) is 4.37. The number of nitrogens with zero attached hydrogens (tertiary/aromatic N) is 1. The third-order valence-electron chi connectivity index (χ3n) is 3.66. The summed E-state index contributed by atoms with van der Waals surface area (Å²) in [6.45, 7) is 2.25. The molecule has 0 saturated carbocycles. The van der Waals surface area contributed by atoms with Gasteiger partial charge in [-0.1, -0.05) is 31.2 Å². The zero-order chi connectivity index (χ0) is 19.2. The van der Waals surface area contributed by atoms with Crippen LogP contribution in [0, 0.1) is 3.57 Å². The standard InChI is InChI=1S/C20H17IN2O3S/c1-2-18(24)22-20-23-19(25)17(27-20)11-13-6-8-16(9-7-13)26-12-14-4-3-5-15(21)10-14/h3-11H,2,12H2,1H3,(H,22,23,24,25)/b17-11-. The highest BCUT2D eigenvalue weighted by molar-refractivity contribution is 14.1. The van der Waals surface area contributed by atoms with Crippen LogP contribution < -0.4 is 10.1 Å². The van der Waals surface area contributed by atoms with Gasteiger partial charge in [0.25, 0.3) is 5.91 Å². The SMILES string of the molecule is CCC(=O)NC1=NC(=O)/C(=C/c2ccc(OCc3cccc(I)c3)cc2)S1. The summed E-state index contributed by atoms with van der Waals surface area (Å²) >= 11 is 3.44. The molecular formula is C20H17IN2O3S. The summed E-state index contributed by atoms with van der Waals surface area (Å²) in [5.41, 5.74) is 1.98. The third-order valence-corrected chi connectivity index (χ3v) is 5.23. The highest BCUT2D eigenvalue weighted by Crippen LogP contribution is 2.28. The van der Waals surface area contributed by atoms with Crippen molar-refractivity contribution in [3.05, 3.63) is 68.1 Å². The number of amides is 2. The number of amidine groups is 1. The summed E-state index contributed by atoms with van der Waals surface area (Å²) in [5, 5.41) is 2.94. The first-order chi connectivity index (χ1) is 13.0. The predicted molar refractivity (Wildman–Crippen MR) is 116 cm³/mol. The Kier molecular flexibility index (Phi) is 6.68. The van der Waals surface area contributed by atoms with Crippen LogP contribution in [0.5, 0.6) is 5.75 Å². The van der Waals surface area contributed by atoms with Gasteiger partial charge in [0, 0.05) is 9.99 Å². The summed E-state index contributed by atoms with van der Waals surface area (Å²) in [6, 6.07) is 15.6. The molecule has 0 unspecified atom stereocenters. The largest absolute Gasteiger partial charge is 0.489 e. The Bertz CT molecular complexity index is 923. The van der Waals surface area contributed by atoms with Crippen LogP contribution in [0.1, 0.15) is 24.5 Å². The molecule has 0 radical (unpaired) electrons. The smallest absolute Gasteiger partial charge is 0.286 e. The molecule has 0 bridgehead atoms. The molecule has 1 aliphatic heterocycles. The van der Waals surface area contributed by atoms with Gasteiger partial charge in [-0.05, 0) is 75.8 Å². The number of rotatable bonds is 5. The second kappa shape index (κ2) is 9.18. The van der Waals surface area contributed by atoms with Crippen molar-refractivity contribution in [2.75, 3.05) is 0 Å². The molecule has 27 heavy (non-hydrogen) atoms. The Labute approximate surface area is 175 Å². The second-order valence-corrected chi connectivity index (χ2v) is 8.00. The van der Waals surface area contributed by atoms with Crippen LogP contribution in [0.25, 0.3) is 6.08 Å². The zero-order valence-electron chi connectivity index (χ0n) is 14.6.